The van der Waals surface area contributed by atoms with Crippen LogP contribution in [-0.4, -0.2) is 11.2 Å². The van der Waals surface area contributed by atoms with Crippen LogP contribution in [0, 0.1) is 67.5 Å². The Labute approximate surface area is 192 Å². The van der Waals surface area contributed by atoms with Gasteiger partial charge < -0.3 is 5.11 Å². The van der Waals surface area contributed by atoms with Gasteiger partial charge in [0.2, 0.25) is 0 Å². The Kier molecular flexibility index (Phi) is 3.77. The molecule has 0 aromatic carbocycles. The number of rotatable bonds is 2. The van der Waals surface area contributed by atoms with E-state index in [1.165, 1.54) is 44.9 Å². The molecule has 0 spiro atoms. The highest BCUT2D eigenvalue weighted by molar-refractivity contribution is 5.37. The standard InChI is InChI=1S/C30H50O/c1-18-10-11-20-15-28(18,24(20,3)4)27(9)13-12-21-16-30(27,25(21,5)6)29-17-22(26(29,7)8)23(31)14-19(29)2/h18-23,31H,10-17H2,1-9H3. The first-order valence-corrected chi connectivity index (χ1v) is 13.9. The molecule has 1 N–H and O–H groups in total. The monoisotopic (exact) mass is 426 g/mol. The maximum atomic E-state index is 11.0. The van der Waals surface area contributed by atoms with E-state index in [0.717, 1.165) is 24.2 Å². The molecule has 9 rings (SSSR count). The number of aliphatic hydroxyl groups is 1. The summed E-state index contributed by atoms with van der Waals surface area (Å²) in [7, 11) is 0. The van der Waals surface area contributed by atoms with E-state index < -0.39 is 0 Å². The Hall–Kier alpha value is -0.0400. The third-order valence-electron chi connectivity index (χ3n) is 15.4. The first-order chi connectivity index (χ1) is 14.2. The molecule has 9 fully saturated rings. The Morgan fingerprint density at radius 3 is 1.81 bits per heavy atom. The van der Waals surface area contributed by atoms with Gasteiger partial charge in [0.05, 0.1) is 6.10 Å². The van der Waals surface area contributed by atoms with Gasteiger partial charge in [-0.15, -0.1) is 0 Å². The second-order valence-corrected chi connectivity index (χ2v) is 15.7. The highest BCUT2D eigenvalue weighted by atomic mass is 16.3. The van der Waals surface area contributed by atoms with Gasteiger partial charge in [-0.1, -0.05) is 62.3 Å². The lowest BCUT2D eigenvalue weighted by atomic mass is 9.12. The van der Waals surface area contributed by atoms with Gasteiger partial charge in [-0.2, -0.15) is 0 Å². The van der Waals surface area contributed by atoms with Crippen LogP contribution in [0.25, 0.3) is 0 Å². The molecule has 0 aromatic rings. The fourth-order valence-corrected chi connectivity index (χ4v) is 14.0. The summed E-state index contributed by atoms with van der Waals surface area (Å²) in [4.78, 5) is 0. The Bertz CT molecular complexity index is 822. The lowest BCUT2D eigenvalue weighted by Crippen LogP contribution is -2.87. The van der Waals surface area contributed by atoms with Crippen LogP contribution >= 0.6 is 0 Å². The Balaban J connectivity index is 1.60. The molecule has 9 saturated carbocycles. The van der Waals surface area contributed by atoms with Gasteiger partial charge in [-0.05, 0) is 119 Å². The zero-order chi connectivity index (χ0) is 22.6. The average Bonchev–Trinajstić information content (AvgIpc) is 2.66. The van der Waals surface area contributed by atoms with Gasteiger partial charge in [0.15, 0.2) is 0 Å². The van der Waals surface area contributed by atoms with E-state index in [-0.39, 0.29) is 11.5 Å². The van der Waals surface area contributed by atoms with Gasteiger partial charge in [0, 0.05) is 0 Å². The number of fused-ring (bicyclic) bond motifs is 6. The lowest BCUT2D eigenvalue weighted by molar-refractivity contribution is -0.447. The fraction of sp³-hybridized carbons (Fsp3) is 1.00. The van der Waals surface area contributed by atoms with Crippen molar-refractivity contribution in [2.24, 2.45) is 67.5 Å². The summed E-state index contributed by atoms with van der Waals surface area (Å²) in [5.41, 5.74) is 2.88. The summed E-state index contributed by atoms with van der Waals surface area (Å²) in [6, 6.07) is 0. The molecule has 0 heterocycles. The fourth-order valence-electron chi connectivity index (χ4n) is 14.0. The van der Waals surface area contributed by atoms with Crippen molar-refractivity contribution in [1.29, 1.82) is 0 Å². The first kappa shape index (κ1) is 21.5. The quantitative estimate of drug-likeness (QED) is 0.479. The van der Waals surface area contributed by atoms with Crippen LogP contribution in [0.3, 0.4) is 0 Å². The van der Waals surface area contributed by atoms with E-state index in [1.54, 1.807) is 0 Å². The Morgan fingerprint density at radius 1 is 0.645 bits per heavy atom. The lowest BCUT2D eigenvalue weighted by Gasteiger charge is -2.92. The maximum Gasteiger partial charge on any atom is 0.0576 e. The van der Waals surface area contributed by atoms with Crippen LogP contribution in [-0.2, 0) is 0 Å². The van der Waals surface area contributed by atoms with Crippen molar-refractivity contribution in [3.63, 3.8) is 0 Å². The smallest absolute Gasteiger partial charge is 0.0576 e. The van der Waals surface area contributed by atoms with Crippen molar-refractivity contribution < 1.29 is 5.11 Å². The van der Waals surface area contributed by atoms with Crippen LogP contribution in [0.15, 0.2) is 0 Å². The summed E-state index contributed by atoms with van der Waals surface area (Å²) < 4.78 is 0. The average molecular weight is 427 g/mol. The molecule has 0 aromatic heterocycles. The number of aliphatic hydroxyl groups excluding tert-OH is 1. The molecule has 31 heavy (non-hydrogen) atoms. The van der Waals surface area contributed by atoms with E-state index in [9.17, 15) is 5.11 Å². The largest absolute Gasteiger partial charge is 0.393 e. The molecule has 10 atom stereocenters. The predicted molar refractivity (Wildman–Crippen MR) is 128 cm³/mol. The van der Waals surface area contributed by atoms with Crippen molar-refractivity contribution in [3.8, 4) is 0 Å². The van der Waals surface area contributed by atoms with Crippen molar-refractivity contribution in [2.75, 3.05) is 0 Å². The van der Waals surface area contributed by atoms with Gasteiger partial charge in [0.1, 0.15) is 0 Å². The summed E-state index contributed by atoms with van der Waals surface area (Å²) >= 11 is 0. The van der Waals surface area contributed by atoms with Crippen molar-refractivity contribution in [3.05, 3.63) is 0 Å². The molecular weight excluding hydrogens is 376 g/mol. The molecule has 0 radical (unpaired) electrons. The maximum absolute atomic E-state index is 11.0. The van der Waals surface area contributed by atoms with E-state index in [1.807, 2.05) is 0 Å². The molecular formula is C30H50O. The zero-order valence-electron chi connectivity index (χ0n) is 22.1. The highest BCUT2D eigenvalue weighted by Crippen LogP contribution is 2.94. The predicted octanol–water partition coefficient (Wildman–Crippen LogP) is 7.71. The van der Waals surface area contributed by atoms with Gasteiger partial charge in [-0.25, -0.2) is 0 Å². The zero-order valence-corrected chi connectivity index (χ0v) is 22.1. The van der Waals surface area contributed by atoms with Crippen LogP contribution < -0.4 is 0 Å². The van der Waals surface area contributed by atoms with Crippen molar-refractivity contribution >= 4 is 0 Å². The van der Waals surface area contributed by atoms with Crippen molar-refractivity contribution in [2.45, 2.75) is 120 Å². The second-order valence-electron chi connectivity index (χ2n) is 15.7. The molecule has 6 bridgehead atoms. The molecule has 0 amide bonds. The van der Waals surface area contributed by atoms with Crippen LogP contribution in [0.4, 0.5) is 0 Å². The van der Waals surface area contributed by atoms with Crippen LogP contribution in [0.1, 0.15) is 114 Å². The van der Waals surface area contributed by atoms with E-state index in [0.29, 0.717) is 44.3 Å². The van der Waals surface area contributed by atoms with Gasteiger partial charge >= 0.3 is 0 Å². The molecule has 9 aliphatic carbocycles. The minimum Gasteiger partial charge on any atom is -0.393 e. The van der Waals surface area contributed by atoms with Crippen LogP contribution in [0.5, 0.6) is 0 Å². The summed E-state index contributed by atoms with van der Waals surface area (Å²) in [6.07, 6.45) is 11.1. The van der Waals surface area contributed by atoms with E-state index in [4.69, 9.17) is 0 Å². The SMILES string of the molecule is CC1CCC2CC1(C1(C)CCC3CC1(C14CC(C(O)CC1C)C4(C)C)C3(C)C)C2(C)C. The first-order valence-electron chi connectivity index (χ1n) is 13.9. The molecule has 1 heteroatoms. The Morgan fingerprint density at radius 2 is 1.29 bits per heavy atom. The topological polar surface area (TPSA) is 20.2 Å². The van der Waals surface area contributed by atoms with Gasteiger partial charge in [-0.3, -0.25) is 0 Å². The number of hydrogen-bond donors (Lipinski definition) is 1. The summed E-state index contributed by atoms with van der Waals surface area (Å²) in [5.74, 6) is 3.86. The minimum atomic E-state index is -0.0756. The minimum absolute atomic E-state index is 0.0756. The molecule has 0 saturated heterocycles. The van der Waals surface area contributed by atoms with E-state index >= 15 is 0 Å². The normalized spacial score (nSPS) is 62.1. The third kappa shape index (κ3) is 1.68. The number of hydrogen-bond acceptors (Lipinski definition) is 1. The molecule has 0 aliphatic heterocycles. The molecule has 10 unspecified atom stereocenters. The van der Waals surface area contributed by atoms with Crippen molar-refractivity contribution in [1.82, 2.24) is 0 Å². The summed E-state index contributed by atoms with van der Waals surface area (Å²) in [6.45, 7) is 23.9. The van der Waals surface area contributed by atoms with Gasteiger partial charge in [0.25, 0.3) is 0 Å². The van der Waals surface area contributed by atoms with Crippen LogP contribution in [0.2, 0.25) is 0 Å². The highest BCUT2D eigenvalue weighted by Gasteiger charge is 2.89. The third-order valence-corrected chi connectivity index (χ3v) is 15.4. The summed E-state index contributed by atoms with van der Waals surface area (Å²) in [5, 5.41) is 11.0. The van der Waals surface area contributed by atoms with E-state index in [2.05, 4.69) is 62.3 Å². The molecule has 1 nitrogen and oxygen atoms in total. The molecule has 176 valence electrons. The second kappa shape index (κ2) is 5.44. The molecule has 9 aliphatic rings.